The Labute approximate surface area is 120 Å². The maximum Gasteiger partial charge on any atom is 0.337 e. The number of hydrogen-bond donors (Lipinski definition) is 2. The van der Waals surface area contributed by atoms with E-state index in [-0.39, 0.29) is 0 Å². The molecule has 0 unspecified atom stereocenters. The lowest BCUT2D eigenvalue weighted by molar-refractivity contribution is -0.164. The number of carbonyl (C=O) groups is 1. The number of nitrogens with two attached hydrogens (primary N) is 1. The Morgan fingerprint density at radius 2 is 2.11 bits per heavy atom. The molecule has 0 aliphatic carbocycles. The number of anilines is 2. The molecule has 1 fully saturated rings. The Balaban J connectivity index is 2.12. The monoisotopic (exact) mass is 328 g/mol. The number of esters is 1. The Hall–Kier alpha value is -1.27. The number of nitrogen functional groups attached to an aromatic ring is 1. The van der Waals surface area contributed by atoms with Gasteiger partial charge in [0.1, 0.15) is 0 Å². The SMILES string of the molecule is COC(=O)C1(O)CCN(c2cc(Br)ccc2N)CC1. The van der Waals surface area contributed by atoms with E-state index in [0.717, 1.165) is 10.2 Å². The number of benzene rings is 1. The molecule has 1 aliphatic heterocycles. The summed E-state index contributed by atoms with van der Waals surface area (Å²) in [7, 11) is 1.29. The van der Waals surface area contributed by atoms with E-state index in [1.165, 1.54) is 7.11 Å². The van der Waals surface area contributed by atoms with Crippen molar-refractivity contribution in [2.24, 2.45) is 0 Å². The number of piperidine rings is 1. The van der Waals surface area contributed by atoms with E-state index in [1.807, 2.05) is 18.2 Å². The molecule has 6 heteroatoms. The summed E-state index contributed by atoms with van der Waals surface area (Å²) in [4.78, 5) is 13.6. The van der Waals surface area contributed by atoms with Gasteiger partial charge in [-0.1, -0.05) is 15.9 Å². The first-order valence-corrected chi connectivity index (χ1v) is 6.86. The third-order valence-corrected chi connectivity index (χ3v) is 3.98. The molecule has 1 aliphatic rings. The second-order valence-corrected chi connectivity index (χ2v) is 5.63. The minimum absolute atomic E-state index is 0.339. The van der Waals surface area contributed by atoms with Crippen molar-refractivity contribution in [2.45, 2.75) is 18.4 Å². The van der Waals surface area contributed by atoms with Gasteiger partial charge >= 0.3 is 5.97 Å². The quantitative estimate of drug-likeness (QED) is 0.636. The van der Waals surface area contributed by atoms with Crippen LogP contribution < -0.4 is 10.6 Å². The van der Waals surface area contributed by atoms with Crippen LogP contribution in [0.3, 0.4) is 0 Å². The van der Waals surface area contributed by atoms with E-state index in [0.29, 0.717) is 31.6 Å². The lowest BCUT2D eigenvalue weighted by Crippen LogP contribution is -2.50. The highest BCUT2D eigenvalue weighted by Gasteiger charge is 2.40. The molecule has 0 saturated carbocycles. The molecule has 0 amide bonds. The predicted octanol–water partition coefficient (Wildman–Crippen LogP) is 1.54. The largest absolute Gasteiger partial charge is 0.467 e. The van der Waals surface area contributed by atoms with E-state index in [4.69, 9.17) is 5.73 Å². The van der Waals surface area contributed by atoms with Crippen LogP contribution in [0.4, 0.5) is 11.4 Å². The molecule has 1 saturated heterocycles. The smallest absolute Gasteiger partial charge is 0.337 e. The average molecular weight is 329 g/mol. The molecule has 5 nitrogen and oxygen atoms in total. The summed E-state index contributed by atoms with van der Waals surface area (Å²) in [6.45, 7) is 1.12. The third kappa shape index (κ3) is 2.84. The molecule has 3 N–H and O–H groups in total. The zero-order valence-corrected chi connectivity index (χ0v) is 12.3. The van der Waals surface area contributed by atoms with Gasteiger partial charge in [0.05, 0.1) is 18.5 Å². The molecular weight excluding hydrogens is 312 g/mol. The van der Waals surface area contributed by atoms with Crippen LogP contribution in [0.25, 0.3) is 0 Å². The van der Waals surface area contributed by atoms with Gasteiger partial charge in [-0.05, 0) is 18.2 Å². The maximum absolute atomic E-state index is 11.5. The number of hydrogen-bond acceptors (Lipinski definition) is 5. The van der Waals surface area contributed by atoms with Crippen LogP contribution in [0.5, 0.6) is 0 Å². The van der Waals surface area contributed by atoms with Crippen molar-refractivity contribution >= 4 is 33.3 Å². The van der Waals surface area contributed by atoms with Gasteiger partial charge in [-0.15, -0.1) is 0 Å². The summed E-state index contributed by atoms with van der Waals surface area (Å²) in [5, 5.41) is 10.2. The van der Waals surface area contributed by atoms with Gasteiger partial charge < -0.3 is 20.5 Å². The predicted molar refractivity (Wildman–Crippen MR) is 77.0 cm³/mol. The van der Waals surface area contributed by atoms with Gasteiger partial charge in [-0.3, -0.25) is 0 Å². The molecule has 2 rings (SSSR count). The zero-order valence-electron chi connectivity index (χ0n) is 10.7. The number of carbonyl (C=O) groups excluding carboxylic acids is 1. The van der Waals surface area contributed by atoms with Crippen LogP contribution >= 0.6 is 15.9 Å². The molecule has 0 aromatic heterocycles. The highest BCUT2D eigenvalue weighted by Crippen LogP contribution is 2.32. The Kier molecular flexibility index (Phi) is 4.01. The number of aliphatic hydroxyl groups is 1. The van der Waals surface area contributed by atoms with Crippen molar-refractivity contribution in [3.8, 4) is 0 Å². The molecular formula is C13H17BrN2O3. The first-order valence-electron chi connectivity index (χ1n) is 6.07. The van der Waals surface area contributed by atoms with E-state index < -0.39 is 11.6 Å². The van der Waals surface area contributed by atoms with E-state index in [1.54, 1.807) is 0 Å². The van der Waals surface area contributed by atoms with Crippen LogP contribution in [-0.4, -0.2) is 36.9 Å². The highest BCUT2D eigenvalue weighted by molar-refractivity contribution is 9.10. The summed E-state index contributed by atoms with van der Waals surface area (Å²) < 4.78 is 5.59. The molecule has 0 spiro atoms. The second kappa shape index (κ2) is 5.38. The molecule has 19 heavy (non-hydrogen) atoms. The normalized spacial score (nSPS) is 18.2. The summed E-state index contributed by atoms with van der Waals surface area (Å²) in [6.07, 6.45) is 0.678. The third-order valence-electron chi connectivity index (χ3n) is 3.49. The summed E-state index contributed by atoms with van der Waals surface area (Å²) in [5.41, 5.74) is 6.19. The van der Waals surface area contributed by atoms with Gasteiger partial charge in [-0.2, -0.15) is 0 Å². The standard InChI is InChI=1S/C13H17BrN2O3/c1-19-12(17)13(18)4-6-16(7-5-13)11-8-9(14)2-3-10(11)15/h2-3,8,18H,4-7,15H2,1H3. The first kappa shape index (κ1) is 14.1. The number of nitrogens with zero attached hydrogens (tertiary/aromatic N) is 1. The number of methoxy groups -OCH3 is 1. The molecule has 104 valence electrons. The van der Waals surface area contributed by atoms with Crippen molar-refractivity contribution < 1.29 is 14.6 Å². The first-order chi connectivity index (χ1) is 8.96. The Morgan fingerprint density at radius 3 is 2.68 bits per heavy atom. The van der Waals surface area contributed by atoms with Gasteiger partial charge in [0.25, 0.3) is 0 Å². The topological polar surface area (TPSA) is 75.8 Å². The Bertz CT molecular complexity index is 485. The van der Waals surface area contributed by atoms with Crippen molar-refractivity contribution in [2.75, 3.05) is 30.8 Å². The van der Waals surface area contributed by atoms with E-state index >= 15 is 0 Å². The second-order valence-electron chi connectivity index (χ2n) is 4.71. The van der Waals surface area contributed by atoms with Crippen molar-refractivity contribution in [3.05, 3.63) is 22.7 Å². The number of rotatable bonds is 2. The highest BCUT2D eigenvalue weighted by atomic mass is 79.9. The van der Waals surface area contributed by atoms with Gasteiger partial charge in [0.15, 0.2) is 5.60 Å². The van der Waals surface area contributed by atoms with Gasteiger partial charge in [-0.25, -0.2) is 4.79 Å². The zero-order chi connectivity index (χ0) is 14.0. The number of ether oxygens (including phenoxy) is 1. The van der Waals surface area contributed by atoms with Gasteiger partial charge in [0.2, 0.25) is 0 Å². The molecule has 1 aromatic carbocycles. The van der Waals surface area contributed by atoms with Crippen LogP contribution in [0.15, 0.2) is 22.7 Å². The fraction of sp³-hybridized carbons (Fsp3) is 0.462. The number of halogens is 1. The van der Waals surface area contributed by atoms with Crippen LogP contribution in [0.2, 0.25) is 0 Å². The molecule has 0 atom stereocenters. The molecule has 0 radical (unpaired) electrons. The van der Waals surface area contributed by atoms with E-state index in [9.17, 15) is 9.90 Å². The minimum atomic E-state index is -1.37. The van der Waals surface area contributed by atoms with Crippen molar-refractivity contribution in [1.29, 1.82) is 0 Å². The Morgan fingerprint density at radius 1 is 1.47 bits per heavy atom. The van der Waals surface area contributed by atoms with Crippen molar-refractivity contribution in [1.82, 2.24) is 0 Å². The molecule has 0 bridgehead atoms. The fourth-order valence-corrected chi connectivity index (χ4v) is 2.65. The maximum atomic E-state index is 11.5. The summed E-state index contributed by atoms with van der Waals surface area (Å²) in [6, 6.07) is 5.66. The van der Waals surface area contributed by atoms with Crippen molar-refractivity contribution in [3.63, 3.8) is 0 Å². The average Bonchev–Trinajstić information content (AvgIpc) is 2.41. The van der Waals surface area contributed by atoms with Crippen LogP contribution in [0, 0.1) is 0 Å². The molecule has 1 heterocycles. The summed E-state index contributed by atoms with van der Waals surface area (Å²) >= 11 is 3.41. The van der Waals surface area contributed by atoms with E-state index in [2.05, 4.69) is 25.6 Å². The minimum Gasteiger partial charge on any atom is -0.467 e. The lowest BCUT2D eigenvalue weighted by atomic mass is 9.91. The van der Waals surface area contributed by atoms with Gasteiger partial charge in [0, 0.05) is 30.4 Å². The van der Waals surface area contributed by atoms with Crippen LogP contribution in [0.1, 0.15) is 12.8 Å². The fourth-order valence-electron chi connectivity index (χ4n) is 2.30. The van der Waals surface area contributed by atoms with Crippen LogP contribution in [-0.2, 0) is 9.53 Å². The lowest BCUT2D eigenvalue weighted by Gasteiger charge is -2.37. The molecule has 1 aromatic rings. The summed E-state index contributed by atoms with van der Waals surface area (Å²) in [5.74, 6) is -0.561.